The molecule has 0 aliphatic heterocycles. The van der Waals surface area contributed by atoms with Crippen molar-refractivity contribution >= 4 is 50.8 Å². The van der Waals surface area contributed by atoms with E-state index in [0.29, 0.717) is 11.3 Å². The Bertz CT molecular complexity index is 2510. The molecule has 0 bridgehead atoms. The number of para-hydroxylation sites is 4. The van der Waals surface area contributed by atoms with Crippen LogP contribution >= 0.6 is 0 Å². The molecular formula is C45H30N6. The van der Waals surface area contributed by atoms with Crippen molar-refractivity contribution < 1.29 is 0 Å². The quantitative estimate of drug-likeness (QED) is 0.153. The Balaban J connectivity index is 1.19. The van der Waals surface area contributed by atoms with Crippen LogP contribution in [0.1, 0.15) is 5.56 Å². The summed E-state index contributed by atoms with van der Waals surface area (Å²) in [5.41, 5.74) is 11.1. The van der Waals surface area contributed by atoms with E-state index >= 15 is 0 Å². The van der Waals surface area contributed by atoms with Crippen LogP contribution in [0.15, 0.2) is 182 Å². The third-order valence-corrected chi connectivity index (χ3v) is 8.83. The highest BCUT2D eigenvalue weighted by Crippen LogP contribution is 2.38. The van der Waals surface area contributed by atoms with Crippen LogP contribution in [0, 0.1) is 17.9 Å². The summed E-state index contributed by atoms with van der Waals surface area (Å²) in [6, 6.07) is 63.2. The summed E-state index contributed by atoms with van der Waals surface area (Å²) in [4.78, 5) is 13.1. The Kier molecular flexibility index (Phi) is 8.24. The topological polar surface area (TPSA) is 52.5 Å². The molecule has 0 unspecified atom stereocenters. The fraction of sp³-hybridized carbons (Fsp3) is 0. The van der Waals surface area contributed by atoms with Crippen molar-refractivity contribution in [2.24, 2.45) is 0 Å². The molecule has 0 radical (unpaired) electrons. The number of hydrogen-bond donors (Lipinski definition) is 0. The number of anilines is 6. The Hall–Kier alpha value is -7.41. The van der Waals surface area contributed by atoms with E-state index in [1.165, 1.54) is 0 Å². The van der Waals surface area contributed by atoms with E-state index < -0.39 is 0 Å². The highest BCUT2D eigenvalue weighted by Gasteiger charge is 2.18. The normalized spacial score (nSPS) is 10.7. The second-order valence-electron chi connectivity index (χ2n) is 12.0. The average molecular weight is 655 g/mol. The lowest BCUT2D eigenvalue weighted by Gasteiger charge is -2.26. The lowest BCUT2D eigenvalue weighted by atomic mass is 10.1. The van der Waals surface area contributed by atoms with Crippen molar-refractivity contribution in [1.82, 2.24) is 9.55 Å². The Morgan fingerprint density at radius 3 is 1.49 bits per heavy atom. The molecule has 0 atom stereocenters. The number of imidazole rings is 1. The minimum absolute atomic E-state index is 0.607. The van der Waals surface area contributed by atoms with Gasteiger partial charge in [0.05, 0.1) is 29.2 Å². The van der Waals surface area contributed by atoms with E-state index in [4.69, 9.17) is 11.6 Å². The lowest BCUT2D eigenvalue weighted by Crippen LogP contribution is -2.10. The highest BCUT2D eigenvalue weighted by atomic mass is 15.2. The minimum atomic E-state index is 0.607. The monoisotopic (exact) mass is 654 g/mol. The number of fused-ring (bicyclic) bond motifs is 1. The van der Waals surface area contributed by atoms with Crippen LogP contribution in [-0.4, -0.2) is 9.55 Å². The molecule has 7 aromatic carbocycles. The van der Waals surface area contributed by atoms with Gasteiger partial charge in [0.1, 0.15) is 5.82 Å². The molecule has 0 N–H and O–H groups in total. The summed E-state index contributed by atoms with van der Waals surface area (Å²) in [6.45, 7) is 7.38. The molecule has 1 aromatic heterocycles. The SMILES string of the molecule is [C-]#[N+]c1ccc(N(c2ccccc2)c2ccc(-c3nc4ccccc4n3-c3ccc(N(c4ccccc4)c4ccc(C#N)cc4)cc3)cc2)cc1. The Labute approximate surface area is 296 Å². The van der Waals surface area contributed by atoms with Gasteiger partial charge in [-0.05, 0) is 121 Å². The molecule has 6 heteroatoms. The van der Waals surface area contributed by atoms with Crippen LogP contribution in [0.2, 0.25) is 0 Å². The molecule has 0 saturated heterocycles. The van der Waals surface area contributed by atoms with E-state index in [1.54, 1.807) is 0 Å². The molecular weight excluding hydrogens is 625 g/mol. The van der Waals surface area contributed by atoms with Crippen LogP contribution in [0.25, 0.3) is 33.0 Å². The van der Waals surface area contributed by atoms with Gasteiger partial charge in [0, 0.05) is 45.4 Å². The van der Waals surface area contributed by atoms with E-state index in [0.717, 1.165) is 62.2 Å². The molecule has 0 amide bonds. The zero-order valence-electron chi connectivity index (χ0n) is 27.5. The van der Waals surface area contributed by atoms with Crippen molar-refractivity contribution in [3.05, 3.63) is 199 Å². The fourth-order valence-corrected chi connectivity index (χ4v) is 6.40. The molecule has 0 aliphatic carbocycles. The summed E-state index contributed by atoms with van der Waals surface area (Å²) in [6.07, 6.45) is 0. The van der Waals surface area contributed by atoms with E-state index in [1.807, 2.05) is 103 Å². The standard InChI is InChI=1S/C45H30N6/c1-47-35-20-26-40(27-21-35)50(37-12-6-3-7-13-37)39-24-18-34(19-25-39)45-48-43-14-8-9-15-44(43)51(45)42-30-28-41(29-31-42)49(36-10-4-2-5-11-36)38-22-16-33(32-46)17-23-38/h2-31H. The summed E-state index contributed by atoms with van der Waals surface area (Å²) in [5, 5.41) is 9.37. The lowest BCUT2D eigenvalue weighted by molar-refractivity contribution is 1.10. The molecule has 8 rings (SSSR count). The van der Waals surface area contributed by atoms with Gasteiger partial charge in [-0.15, -0.1) is 0 Å². The molecule has 0 aliphatic rings. The Morgan fingerprint density at radius 2 is 0.961 bits per heavy atom. The third kappa shape index (κ3) is 6.06. The van der Waals surface area contributed by atoms with Gasteiger partial charge in [0.2, 0.25) is 0 Å². The van der Waals surface area contributed by atoms with Gasteiger partial charge >= 0.3 is 0 Å². The van der Waals surface area contributed by atoms with E-state index in [9.17, 15) is 5.26 Å². The van der Waals surface area contributed by atoms with Crippen LogP contribution in [0.4, 0.5) is 39.8 Å². The number of hydrogen-bond acceptors (Lipinski definition) is 4. The molecule has 8 aromatic rings. The van der Waals surface area contributed by atoms with Gasteiger partial charge in [0.15, 0.2) is 5.69 Å². The predicted molar refractivity (Wildman–Crippen MR) is 207 cm³/mol. The maximum absolute atomic E-state index is 9.37. The van der Waals surface area contributed by atoms with Crippen LogP contribution in [0.5, 0.6) is 0 Å². The summed E-state index contributed by atoms with van der Waals surface area (Å²) in [5.74, 6) is 0.843. The van der Waals surface area contributed by atoms with Crippen LogP contribution < -0.4 is 9.80 Å². The smallest absolute Gasteiger partial charge is 0.187 e. The molecule has 6 nitrogen and oxygen atoms in total. The first-order valence-electron chi connectivity index (χ1n) is 16.6. The average Bonchev–Trinajstić information content (AvgIpc) is 3.60. The molecule has 240 valence electrons. The predicted octanol–water partition coefficient (Wildman–Crippen LogP) is 12.1. The van der Waals surface area contributed by atoms with Crippen LogP contribution in [-0.2, 0) is 0 Å². The van der Waals surface area contributed by atoms with Gasteiger partial charge in [0.25, 0.3) is 0 Å². The molecule has 1 heterocycles. The first-order valence-corrected chi connectivity index (χ1v) is 16.6. The third-order valence-electron chi connectivity index (χ3n) is 8.83. The van der Waals surface area contributed by atoms with Gasteiger partial charge in [-0.1, -0.05) is 60.7 Å². The van der Waals surface area contributed by atoms with E-state index in [-0.39, 0.29) is 0 Å². The maximum Gasteiger partial charge on any atom is 0.187 e. The zero-order valence-corrected chi connectivity index (χ0v) is 27.5. The van der Waals surface area contributed by atoms with Gasteiger partial charge < -0.3 is 9.80 Å². The summed E-state index contributed by atoms with van der Waals surface area (Å²) >= 11 is 0. The Morgan fingerprint density at radius 1 is 0.510 bits per heavy atom. The second kappa shape index (κ2) is 13.6. The number of nitrogens with zero attached hydrogens (tertiary/aromatic N) is 6. The van der Waals surface area contributed by atoms with E-state index in [2.05, 4.69) is 104 Å². The molecule has 51 heavy (non-hydrogen) atoms. The number of nitriles is 1. The first-order chi connectivity index (χ1) is 25.2. The molecule has 0 saturated carbocycles. The maximum atomic E-state index is 9.37. The summed E-state index contributed by atoms with van der Waals surface area (Å²) < 4.78 is 2.21. The van der Waals surface area contributed by atoms with Crippen molar-refractivity contribution in [3.8, 4) is 23.1 Å². The molecule has 0 fully saturated rings. The van der Waals surface area contributed by atoms with Crippen molar-refractivity contribution in [2.75, 3.05) is 9.80 Å². The van der Waals surface area contributed by atoms with Crippen LogP contribution in [0.3, 0.4) is 0 Å². The number of aromatic nitrogens is 2. The largest absolute Gasteiger partial charge is 0.311 e. The number of benzene rings is 7. The minimum Gasteiger partial charge on any atom is -0.311 e. The van der Waals surface area contributed by atoms with Crippen molar-refractivity contribution in [2.45, 2.75) is 0 Å². The van der Waals surface area contributed by atoms with Gasteiger partial charge in [-0.25, -0.2) is 9.83 Å². The fourth-order valence-electron chi connectivity index (χ4n) is 6.40. The first kappa shape index (κ1) is 30.9. The van der Waals surface area contributed by atoms with Gasteiger partial charge in [-0.2, -0.15) is 5.26 Å². The highest BCUT2D eigenvalue weighted by molar-refractivity contribution is 5.85. The number of rotatable bonds is 8. The van der Waals surface area contributed by atoms with Gasteiger partial charge in [-0.3, -0.25) is 4.57 Å². The molecule has 0 spiro atoms. The van der Waals surface area contributed by atoms with Crippen molar-refractivity contribution in [3.63, 3.8) is 0 Å². The zero-order chi connectivity index (χ0) is 34.6. The summed E-state index contributed by atoms with van der Waals surface area (Å²) in [7, 11) is 0. The van der Waals surface area contributed by atoms with Crippen molar-refractivity contribution in [1.29, 1.82) is 5.26 Å². The second-order valence-corrected chi connectivity index (χ2v) is 12.0.